The highest BCUT2D eigenvalue weighted by Crippen LogP contribution is 2.26. The van der Waals surface area contributed by atoms with Gasteiger partial charge in [0.25, 0.3) is 0 Å². The molecule has 8 atom stereocenters. The molecule has 0 spiro atoms. The highest BCUT2D eigenvalue weighted by atomic mass is 16.7. The van der Waals surface area contributed by atoms with Crippen LogP contribution in [0.25, 0.3) is 0 Å². The van der Waals surface area contributed by atoms with Crippen LogP contribution in [0.3, 0.4) is 0 Å². The topological polar surface area (TPSA) is 175 Å². The maximum absolute atomic E-state index is 13.5. The van der Waals surface area contributed by atoms with Crippen molar-refractivity contribution in [3.8, 4) is 0 Å². The molecule has 0 bridgehead atoms. The van der Waals surface area contributed by atoms with E-state index in [9.17, 15) is 35.1 Å². The third-order valence-corrected chi connectivity index (χ3v) is 14.9. The van der Waals surface area contributed by atoms with Gasteiger partial charge in [-0.1, -0.05) is 265 Å². The summed E-state index contributed by atoms with van der Waals surface area (Å²) in [5.41, 5.74) is 0. The van der Waals surface area contributed by atoms with Gasteiger partial charge in [0, 0.05) is 6.42 Å². The number of unbranched alkanes of at least 4 members (excludes halogenated alkanes) is 25. The van der Waals surface area contributed by atoms with Crippen molar-refractivity contribution >= 4 is 11.9 Å². The molecular weight excluding hydrogens is 1030 g/mol. The first-order chi connectivity index (χ1) is 40.2. The number of amides is 1. The summed E-state index contributed by atoms with van der Waals surface area (Å²) in [7, 11) is 0. The van der Waals surface area contributed by atoms with Gasteiger partial charge in [-0.25, -0.2) is 0 Å². The number of nitrogens with one attached hydrogen (secondary N) is 1. The van der Waals surface area contributed by atoms with E-state index in [1.165, 1.54) is 96.3 Å². The van der Waals surface area contributed by atoms with Crippen LogP contribution in [0, 0.1) is 0 Å². The van der Waals surface area contributed by atoms with Crippen molar-refractivity contribution in [2.75, 3.05) is 13.2 Å². The average Bonchev–Trinajstić information content (AvgIpc) is 3.55. The maximum Gasteiger partial charge on any atom is 0.306 e. The van der Waals surface area contributed by atoms with Crippen LogP contribution in [0.4, 0.5) is 0 Å². The molecule has 1 saturated heterocycles. The second kappa shape index (κ2) is 57.7. The molecule has 11 heteroatoms. The summed E-state index contributed by atoms with van der Waals surface area (Å²) < 4.78 is 17.6. The molecule has 1 aliphatic heterocycles. The Balaban J connectivity index is 2.62. The largest absolute Gasteiger partial charge is 0.454 e. The first-order valence-electron chi connectivity index (χ1n) is 33.2. The molecule has 0 saturated carbocycles. The first kappa shape index (κ1) is 76.3. The highest BCUT2D eigenvalue weighted by molar-refractivity contribution is 5.80. The van der Waals surface area contributed by atoms with Crippen molar-refractivity contribution in [1.82, 2.24) is 5.32 Å². The lowest BCUT2D eigenvalue weighted by molar-refractivity contribution is -0.305. The SMILES string of the molecule is CC/C=C\C/C=C\C/C=C\C/C=C\C/C=C\CCCCCCCCCCCCC(O)C(=O)NC(COC1OC(CO)C(O)C(O)C1OC(=O)CCCCCC/C=C/C/C=C/C/C=C/CC)C(O)/C=C/CCCCCCCCCCCCC. The summed E-state index contributed by atoms with van der Waals surface area (Å²) in [5, 5.41) is 57.1. The summed E-state index contributed by atoms with van der Waals surface area (Å²) in [5.74, 6) is -1.22. The van der Waals surface area contributed by atoms with E-state index in [-0.39, 0.29) is 19.4 Å². The zero-order chi connectivity index (χ0) is 59.6. The fraction of sp³-hybridized carbons (Fsp3) is 0.718. The number of aliphatic hydroxyl groups is 5. The minimum absolute atomic E-state index is 0.0929. The molecular formula is C71H121NO10. The predicted octanol–water partition coefficient (Wildman–Crippen LogP) is 16.4. The molecule has 1 amide bonds. The summed E-state index contributed by atoms with van der Waals surface area (Å²) in [6, 6.07) is -1.04. The number of carbonyl (C=O) groups excluding carboxylic acids is 2. The van der Waals surface area contributed by atoms with Crippen LogP contribution in [0.5, 0.6) is 0 Å². The van der Waals surface area contributed by atoms with Crippen LogP contribution >= 0.6 is 0 Å². The molecule has 11 nitrogen and oxygen atoms in total. The van der Waals surface area contributed by atoms with Crippen LogP contribution in [0.15, 0.2) is 109 Å². The zero-order valence-electron chi connectivity index (χ0n) is 52.1. The van der Waals surface area contributed by atoms with E-state index < -0.39 is 67.4 Å². The normalized spacial score (nSPS) is 19.3. The number of hydrogen-bond acceptors (Lipinski definition) is 10. The molecule has 8 unspecified atom stereocenters. The molecule has 82 heavy (non-hydrogen) atoms. The fourth-order valence-electron chi connectivity index (χ4n) is 9.75. The molecule has 1 aliphatic rings. The minimum atomic E-state index is -1.63. The average molecular weight is 1150 g/mol. The maximum atomic E-state index is 13.5. The van der Waals surface area contributed by atoms with Crippen LogP contribution in [0.2, 0.25) is 0 Å². The Morgan fingerprint density at radius 1 is 0.488 bits per heavy atom. The number of ether oxygens (including phenoxy) is 3. The van der Waals surface area contributed by atoms with Crippen molar-refractivity contribution < 1.29 is 49.3 Å². The molecule has 0 aromatic heterocycles. The van der Waals surface area contributed by atoms with Gasteiger partial charge in [0.15, 0.2) is 12.4 Å². The van der Waals surface area contributed by atoms with Gasteiger partial charge in [0.05, 0.1) is 25.4 Å². The molecule has 0 aromatic carbocycles. The van der Waals surface area contributed by atoms with Crippen molar-refractivity contribution in [1.29, 1.82) is 0 Å². The van der Waals surface area contributed by atoms with Crippen LogP contribution in [0.1, 0.15) is 265 Å². The van der Waals surface area contributed by atoms with Crippen molar-refractivity contribution in [2.45, 2.75) is 314 Å². The van der Waals surface area contributed by atoms with Gasteiger partial charge in [0.1, 0.15) is 24.4 Å². The van der Waals surface area contributed by atoms with Gasteiger partial charge in [-0.15, -0.1) is 0 Å². The number of carbonyl (C=O) groups is 2. The number of esters is 1. The Morgan fingerprint density at radius 3 is 1.32 bits per heavy atom. The van der Waals surface area contributed by atoms with Gasteiger partial charge in [0.2, 0.25) is 5.91 Å². The van der Waals surface area contributed by atoms with Gasteiger partial charge in [-0.3, -0.25) is 9.59 Å². The predicted molar refractivity (Wildman–Crippen MR) is 342 cm³/mol. The standard InChI is InChI=1S/C71H121NO10/c1-4-7-10-13-16-19-22-25-27-28-29-30-31-32-33-34-35-36-37-38-40-43-46-49-52-55-58-64(75)70(79)72-62(63(74)57-54-51-48-45-42-39-24-21-18-15-12-9-6-3)61-80-71-69(68(78)67(77)65(60-73)81-71)82-66(76)59-56-53-50-47-44-41-26-23-20-17-14-11-8-5-2/h7-8,10-11,16-17,19-20,25-27,29-30,32-33,41,54,57,62-65,67-69,71,73-75,77-78H,4-6,9,12-15,18,21-24,28,31,34-40,42-53,55-56,58-61H2,1-3H3,(H,72,79)/b10-7-,11-8+,19-16-,20-17+,27-25-,30-29-,33-32-,41-26+,57-54+. The summed E-state index contributed by atoms with van der Waals surface area (Å²) >= 11 is 0. The number of rotatable bonds is 55. The van der Waals surface area contributed by atoms with Crippen molar-refractivity contribution in [2.24, 2.45) is 0 Å². The highest BCUT2D eigenvalue weighted by Gasteiger charge is 2.47. The second-order valence-electron chi connectivity index (χ2n) is 22.4. The minimum Gasteiger partial charge on any atom is -0.454 e. The van der Waals surface area contributed by atoms with Gasteiger partial charge in [-0.2, -0.15) is 0 Å². The summed E-state index contributed by atoms with van der Waals surface area (Å²) in [6.07, 6.45) is 68.4. The van der Waals surface area contributed by atoms with E-state index in [2.05, 4.69) is 123 Å². The third-order valence-electron chi connectivity index (χ3n) is 14.9. The zero-order valence-corrected chi connectivity index (χ0v) is 52.1. The quantitative estimate of drug-likeness (QED) is 0.0195. The third kappa shape index (κ3) is 44.8. The smallest absolute Gasteiger partial charge is 0.306 e. The van der Waals surface area contributed by atoms with Gasteiger partial charge >= 0.3 is 5.97 Å². The Hall–Kier alpha value is -3.68. The summed E-state index contributed by atoms with van der Waals surface area (Å²) in [6.45, 7) is 5.55. The van der Waals surface area contributed by atoms with Gasteiger partial charge < -0.3 is 45.1 Å². The molecule has 1 fully saturated rings. The molecule has 0 aromatic rings. The Bertz CT molecular complexity index is 1750. The first-order valence-corrected chi connectivity index (χ1v) is 33.2. The van der Waals surface area contributed by atoms with Crippen LogP contribution < -0.4 is 5.32 Å². The second-order valence-corrected chi connectivity index (χ2v) is 22.4. The lowest BCUT2D eigenvalue weighted by Gasteiger charge is -2.41. The molecule has 470 valence electrons. The monoisotopic (exact) mass is 1150 g/mol. The van der Waals surface area contributed by atoms with E-state index in [1.54, 1.807) is 6.08 Å². The Labute approximate surface area is 500 Å². The molecule has 1 heterocycles. The molecule has 0 aliphatic carbocycles. The van der Waals surface area contributed by atoms with Crippen LogP contribution in [-0.4, -0.2) is 99.6 Å². The summed E-state index contributed by atoms with van der Waals surface area (Å²) in [4.78, 5) is 26.6. The number of aliphatic hydroxyl groups excluding tert-OH is 5. The molecule has 0 radical (unpaired) electrons. The lowest BCUT2D eigenvalue weighted by atomic mass is 9.99. The van der Waals surface area contributed by atoms with E-state index >= 15 is 0 Å². The van der Waals surface area contributed by atoms with E-state index in [0.29, 0.717) is 12.8 Å². The van der Waals surface area contributed by atoms with E-state index in [0.717, 1.165) is 122 Å². The van der Waals surface area contributed by atoms with Crippen molar-refractivity contribution in [3.05, 3.63) is 109 Å². The Morgan fingerprint density at radius 2 is 0.878 bits per heavy atom. The van der Waals surface area contributed by atoms with Crippen LogP contribution in [-0.2, 0) is 23.8 Å². The van der Waals surface area contributed by atoms with Crippen molar-refractivity contribution in [3.63, 3.8) is 0 Å². The number of allylic oxidation sites excluding steroid dienone is 17. The Kier molecular flexibility index (Phi) is 53.7. The molecule has 6 N–H and O–H groups in total. The number of hydrogen-bond donors (Lipinski definition) is 6. The van der Waals surface area contributed by atoms with E-state index in [4.69, 9.17) is 14.2 Å². The fourth-order valence-corrected chi connectivity index (χ4v) is 9.75. The molecule has 1 rings (SSSR count). The lowest BCUT2D eigenvalue weighted by Crippen LogP contribution is -2.61. The van der Waals surface area contributed by atoms with E-state index in [1.807, 2.05) is 6.08 Å². The van der Waals surface area contributed by atoms with Gasteiger partial charge in [-0.05, 0) is 103 Å².